The minimum absolute atomic E-state index is 0.0602. The zero-order chi connectivity index (χ0) is 23.2. The number of nitrogens with one attached hydrogen (secondary N) is 2. The Bertz CT molecular complexity index is 1170. The fraction of sp³-hybridized carbons (Fsp3) is 0.259. The van der Waals surface area contributed by atoms with Gasteiger partial charge in [-0.3, -0.25) is 4.79 Å². The molecule has 1 unspecified atom stereocenters. The molecule has 0 spiro atoms. The first-order chi connectivity index (χ1) is 16.0. The van der Waals surface area contributed by atoms with Gasteiger partial charge in [-0.1, -0.05) is 36.4 Å². The summed E-state index contributed by atoms with van der Waals surface area (Å²) in [6, 6.07) is 21.5. The molecule has 168 valence electrons. The molecule has 1 aliphatic carbocycles. The Labute approximate surface area is 192 Å². The zero-order valence-electron chi connectivity index (χ0n) is 18.2. The molecule has 0 aromatic heterocycles. The second-order valence-electron chi connectivity index (χ2n) is 8.37. The number of hydrogen-bond acceptors (Lipinski definition) is 3. The molecule has 0 bridgehead atoms. The predicted molar refractivity (Wildman–Crippen MR) is 124 cm³/mol. The van der Waals surface area contributed by atoms with Gasteiger partial charge in [0.05, 0.1) is 11.6 Å². The molecule has 4 nitrogen and oxygen atoms in total. The topological polar surface area (TPSA) is 64.9 Å². The van der Waals surface area contributed by atoms with Crippen molar-refractivity contribution < 1.29 is 13.6 Å². The first-order valence-corrected chi connectivity index (χ1v) is 11.1. The van der Waals surface area contributed by atoms with Crippen molar-refractivity contribution in [3.8, 4) is 17.2 Å². The average Bonchev–Trinajstić information content (AvgIpc) is 3.67. The molecule has 1 saturated carbocycles. The summed E-state index contributed by atoms with van der Waals surface area (Å²) in [7, 11) is 0. The van der Waals surface area contributed by atoms with Crippen molar-refractivity contribution in [2.75, 3.05) is 13.1 Å². The van der Waals surface area contributed by atoms with E-state index in [0.29, 0.717) is 18.2 Å². The van der Waals surface area contributed by atoms with Crippen LogP contribution in [0.5, 0.6) is 0 Å². The van der Waals surface area contributed by atoms with Crippen molar-refractivity contribution in [3.05, 3.63) is 95.1 Å². The molecule has 0 radical (unpaired) electrons. The standard InChI is InChI=1S/C27H25F2N3O/c28-25-11-8-22(15-26(25)29)27(33)32-17-23(12-13-31-24-9-10-24)20-6-4-19(5-7-20)21-3-1-2-18(14-21)16-30/h1-8,11,14-15,23-24,31H,9-10,12-13,17H2,(H,32,33). The van der Waals surface area contributed by atoms with Crippen LogP contribution in [-0.2, 0) is 0 Å². The highest BCUT2D eigenvalue weighted by molar-refractivity contribution is 5.94. The van der Waals surface area contributed by atoms with Crippen LogP contribution in [0.4, 0.5) is 8.78 Å². The Balaban J connectivity index is 1.46. The molecule has 0 aliphatic heterocycles. The van der Waals surface area contributed by atoms with Crippen LogP contribution in [0, 0.1) is 23.0 Å². The maximum Gasteiger partial charge on any atom is 0.251 e. The highest BCUT2D eigenvalue weighted by Crippen LogP contribution is 2.26. The number of benzene rings is 3. The fourth-order valence-electron chi connectivity index (χ4n) is 3.81. The summed E-state index contributed by atoms with van der Waals surface area (Å²) < 4.78 is 26.7. The monoisotopic (exact) mass is 445 g/mol. The predicted octanol–water partition coefficient (Wildman–Crippen LogP) is 5.16. The van der Waals surface area contributed by atoms with E-state index < -0.39 is 17.5 Å². The number of carbonyl (C=O) groups excluding carboxylic acids is 1. The van der Waals surface area contributed by atoms with Crippen molar-refractivity contribution in [2.45, 2.75) is 31.2 Å². The molecule has 1 fully saturated rings. The molecular weight excluding hydrogens is 420 g/mol. The van der Waals surface area contributed by atoms with Crippen molar-refractivity contribution in [1.29, 1.82) is 5.26 Å². The van der Waals surface area contributed by atoms with Crippen LogP contribution in [0.2, 0.25) is 0 Å². The quantitative estimate of drug-likeness (QED) is 0.478. The molecule has 1 atom stereocenters. The number of nitriles is 1. The van der Waals surface area contributed by atoms with E-state index in [1.54, 1.807) is 6.07 Å². The molecule has 0 heterocycles. The first kappa shape index (κ1) is 22.6. The number of nitrogens with zero attached hydrogens (tertiary/aromatic N) is 1. The third-order valence-electron chi connectivity index (χ3n) is 5.90. The van der Waals surface area contributed by atoms with Crippen LogP contribution in [-0.4, -0.2) is 25.0 Å². The lowest BCUT2D eigenvalue weighted by Gasteiger charge is -2.19. The van der Waals surface area contributed by atoms with E-state index in [1.807, 2.05) is 42.5 Å². The van der Waals surface area contributed by atoms with E-state index >= 15 is 0 Å². The van der Waals surface area contributed by atoms with Gasteiger partial charge in [0.25, 0.3) is 5.91 Å². The van der Waals surface area contributed by atoms with Crippen LogP contribution in [0.25, 0.3) is 11.1 Å². The Kier molecular flexibility index (Phi) is 7.11. The van der Waals surface area contributed by atoms with Gasteiger partial charge in [-0.15, -0.1) is 0 Å². The summed E-state index contributed by atoms with van der Waals surface area (Å²) in [5, 5.41) is 15.5. The van der Waals surface area contributed by atoms with Gasteiger partial charge in [-0.2, -0.15) is 5.26 Å². The van der Waals surface area contributed by atoms with Crippen molar-refractivity contribution >= 4 is 5.91 Å². The third-order valence-corrected chi connectivity index (χ3v) is 5.90. The van der Waals surface area contributed by atoms with Crippen LogP contribution in [0.3, 0.4) is 0 Å². The molecule has 2 N–H and O–H groups in total. The lowest BCUT2D eigenvalue weighted by molar-refractivity contribution is 0.0950. The Morgan fingerprint density at radius 2 is 1.79 bits per heavy atom. The highest BCUT2D eigenvalue weighted by atomic mass is 19.2. The number of hydrogen-bond donors (Lipinski definition) is 2. The van der Waals surface area contributed by atoms with Crippen LogP contribution in [0.15, 0.2) is 66.7 Å². The van der Waals surface area contributed by atoms with E-state index in [4.69, 9.17) is 5.26 Å². The van der Waals surface area contributed by atoms with Crippen molar-refractivity contribution in [3.63, 3.8) is 0 Å². The van der Waals surface area contributed by atoms with Crippen molar-refractivity contribution in [2.24, 2.45) is 0 Å². The van der Waals surface area contributed by atoms with Crippen LogP contribution in [0.1, 0.15) is 46.7 Å². The largest absolute Gasteiger partial charge is 0.351 e. The molecule has 6 heteroatoms. The molecule has 3 aromatic carbocycles. The summed E-state index contributed by atoms with van der Waals surface area (Å²) in [4.78, 5) is 12.5. The lowest BCUT2D eigenvalue weighted by atomic mass is 9.93. The van der Waals surface area contributed by atoms with E-state index in [2.05, 4.69) is 16.7 Å². The minimum atomic E-state index is -1.04. The zero-order valence-corrected chi connectivity index (χ0v) is 18.2. The van der Waals surface area contributed by atoms with Gasteiger partial charge in [0, 0.05) is 24.1 Å². The van der Waals surface area contributed by atoms with Gasteiger partial charge >= 0.3 is 0 Å². The SMILES string of the molecule is N#Cc1cccc(-c2ccc(C(CCNC3CC3)CNC(=O)c3ccc(F)c(F)c3)cc2)c1. The Hall–Kier alpha value is -3.56. The van der Waals surface area contributed by atoms with E-state index in [9.17, 15) is 13.6 Å². The normalized spacial score (nSPS) is 13.8. The fourth-order valence-corrected chi connectivity index (χ4v) is 3.81. The van der Waals surface area contributed by atoms with Gasteiger partial charge in [-0.25, -0.2) is 8.78 Å². The van der Waals surface area contributed by atoms with Gasteiger partial charge in [0.15, 0.2) is 11.6 Å². The van der Waals surface area contributed by atoms with Crippen LogP contribution < -0.4 is 10.6 Å². The lowest BCUT2D eigenvalue weighted by Crippen LogP contribution is -2.30. The summed E-state index contributed by atoms with van der Waals surface area (Å²) in [6.07, 6.45) is 3.24. The van der Waals surface area contributed by atoms with E-state index in [1.165, 1.54) is 18.9 Å². The molecule has 0 saturated heterocycles. The second kappa shape index (κ2) is 10.4. The summed E-state index contributed by atoms with van der Waals surface area (Å²) in [5.74, 6) is -2.39. The molecule has 33 heavy (non-hydrogen) atoms. The van der Waals surface area contributed by atoms with E-state index in [-0.39, 0.29) is 11.5 Å². The molecule has 4 rings (SSSR count). The Morgan fingerprint density at radius 1 is 1.00 bits per heavy atom. The number of halogens is 2. The number of carbonyl (C=O) groups is 1. The minimum Gasteiger partial charge on any atom is -0.351 e. The molecular formula is C27H25F2N3O. The maximum atomic E-state index is 13.5. The maximum absolute atomic E-state index is 13.5. The summed E-state index contributed by atoms with van der Waals surface area (Å²) >= 11 is 0. The number of amides is 1. The first-order valence-electron chi connectivity index (χ1n) is 11.1. The van der Waals surface area contributed by atoms with E-state index in [0.717, 1.165) is 41.8 Å². The molecule has 1 amide bonds. The average molecular weight is 446 g/mol. The van der Waals surface area contributed by atoms with Gasteiger partial charge in [-0.05, 0) is 72.8 Å². The van der Waals surface area contributed by atoms with Gasteiger partial charge in [0.1, 0.15) is 0 Å². The third kappa shape index (κ3) is 6.03. The van der Waals surface area contributed by atoms with Crippen LogP contribution >= 0.6 is 0 Å². The molecule has 3 aromatic rings. The second-order valence-corrected chi connectivity index (χ2v) is 8.37. The van der Waals surface area contributed by atoms with Crippen molar-refractivity contribution in [1.82, 2.24) is 10.6 Å². The Morgan fingerprint density at radius 3 is 2.48 bits per heavy atom. The smallest absolute Gasteiger partial charge is 0.251 e. The van der Waals surface area contributed by atoms with Gasteiger partial charge < -0.3 is 10.6 Å². The highest BCUT2D eigenvalue weighted by Gasteiger charge is 2.21. The summed E-state index contributed by atoms with van der Waals surface area (Å²) in [5.41, 5.74) is 3.77. The van der Waals surface area contributed by atoms with Gasteiger partial charge in [0.2, 0.25) is 0 Å². The number of rotatable bonds is 9. The summed E-state index contributed by atoms with van der Waals surface area (Å²) in [6.45, 7) is 1.22. The molecule has 1 aliphatic rings.